The number of hydrogen-bond acceptors (Lipinski definition) is 3. The predicted molar refractivity (Wildman–Crippen MR) is 79.8 cm³/mol. The minimum Gasteiger partial charge on any atom is -0.343 e. The Morgan fingerprint density at radius 1 is 1.38 bits per heavy atom. The summed E-state index contributed by atoms with van der Waals surface area (Å²) in [5.74, 6) is -0.494. The van der Waals surface area contributed by atoms with E-state index in [2.05, 4.69) is 17.4 Å². The van der Waals surface area contributed by atoms with Crippen LogP contribution >= 0.6 is 0 Å². The molecule has 2 amide bonds. The van der Waals surface area contributed by atoms with Gasteiger partial charge in [0.15, 0.2) is 0 Å². The molecule has 21 heavy (non-hydrogen) atoms. The molecule has 0 saturated carbocycles. The van der Waals surface area contributed by atoms with E-state index in [4.69, 9.17) is 5.26 Å². The number of nitrogens with one attached hydrogen (secondary N) is 1. The van der Waals surface area contributed by atoms with Crippen LogP contribution in [0.1, 0.15) is 29.5 Å². The second-order valence-electron chi connectivity index (χ2n) is 5.48. The standard InChI is InChI=1S/C16H19N3O2/c1-10-8-11(2)15(12(3)9-10)19-7-5-13(16(19)21)18-14(20)4-6-17/h8-9,13H,4-5,7H2,1-3H3,(H,18,20)/t13-/m0/s1. The normalized spacial score (nSPS) is 17.7. The van der Waals surface area contributed by atoms with Gasteiger partial charge in [-0.2, -0.15) is 5.26 Å². The van der Waals surface area contributed by atoms with Crippen molar-refractivity contribution in [3.05, 3.63) is 28.8 Å². The molecule has 0 bridgehead atoms. The molecule has 0 aliphatic carbocycles. The highest BCUT2D eigenvalue weighted by Crippen LogP contribution is 2.29. The van der Waals surface area contributed by atoms with E-state index in [9.17, 15) is 9.59 Å². The maximum atomic E-state index is 12.5. The second-order valence-corrected chi connectivity index (χ2v) is 5.48. The third-order valence-corrected chi connectivity index (χ3v) is 3.69. The summed E-state index contributed by atoms with van der Waals surface area (Å²) in [6, 6.07) is 5.37. The molecule has 1 atom stereocenters. The summed E-state index contributed by atoms with van der Waals surface area (Å²) in [6.07, 6.45) is 0.356. The first-order chi connectivity index (χ1) is 9.93. The second kappa shape index (κ2) is 5.96. The van der Waals surface area contributed by atoms with Crippen molar-refractivity contribution < 1.29 is 9.59 Å². The van der Waals surface area contributed by atoms with E-state index < -0.39 is 11.9 Å². The lowest BCUT2D eigenvalue weighted by atomic mass is 10.0. The van der Waals surface area contributed by atoms with Crippen molar-refractivity contribution in [2.45, 2.75) is 39.7 Å². The number of benzene rings is 1. The lowest BCUT2D eigenvalue weighted by Crippen LogP contribution is -2.41. The van der Waals surface area contributed by atoms with Gasteiger partial charge in [-0.25, -0.2) is 0 Å². The number of hydrogen-bond donors (Lipinski definition) is 1. The topological polar surface area (TPSA) is 73.2 Å². The van der Waals surface area contributed by atoms with Gasteiger partial charge in [0.05, 0.1) is 6.07 Å². The third kappa shape index (κ3) is 3.05. The summed E-state index contributed by atoms with van der Waals surface area (Å²) in [5.41, 5.74) is 4.22. The lowest BCUT2D eigenvalue weighted by Gasteiger charge is -2.22. The first-order valence-corrected chi connectivity index (χ1v) is 6.99. The first kappa shape index (κ1) is 15.0. The van der Waals surface area contributed by atoms with Gasteiger partial charge in [0.2, 0.25) is 11.8 Å². The van der Waals surface area contributed by atoms with Crippen LogP contribution in [0.3, 0.4) is 0 Å². The zero-order valence-corrected chi connectivity index (χ0v) is 12.6. The van der Waals surface area contributed by atoms with Crippen molar-refractivity contribution >= 4 is 17.5 Å². The van der Waals surface area contributed by atoms with E-state index in [-0.39, 0.29) is 12.3 Å². The maximum Gasteiger partial charge on any atom is 0.249 e. The summed E-state index contributed by atoms with van der Waals surface area (Å²) >= 11 is 0. The summed E-state index contributed by atoms with van der Waals surface area (Å²) in [4.78, 5) is 25.7. The maximum absolute atomic E-state index is 12.5. The fraction of sp³-hybridized carbons (Fsp3) is 0.438. The molecule has 1 aliphatic rings. The Kier molecular flexibility index (Phi) is 4.27. The number of rotatable bonds is 3. The zero-order chi connectivity index (χ0) is 15.6. The van der Waals surface area contributed by atoms with Crippen LogP contribution in [0.5, 0.6) is 0 Å². The van der Waals surface area contributed by atoms with Crippen LogP contribution in [0.25, 0.3) is 0 Å². The summed E-state index contributed by atoms with van der Waals surface area (Å²) in [7, 11) is 0. The highest BCUT2D eigenvalue weighted by Gasteiger charge is 2.34. The van der Waals surface area contributed by atoms with E-state index in [0.717, 1.165) is 16.8 Å². The first-order valence-electron chi connectivity index (χ1n) is 6.99. The molecule has 0 spiro atoms. The summed E-state index contributed by atoms with van der Waals surface area (Å²) < 4.78 is 0. The van der Waals surface area contributed by atoms with Crippen molar-refractivity contribution in [3.8, 4) is 6.07 Å². The fourth-order valence-corrected chi connectivity index (χ4v) is 2.95. The molecule has 1 fully saturated rings. The van der Waals surface area contributed by atoms with Crippen LogP contribution in [0.2, 0.25) is 0 Å². The molecule has 2 rings (SSSR count). The SMILES string of the molecule is Cc1cc(C)c(N2CC[C@H](NC(=O)CC#N)C2=O)c(C)c1. The molecule has 0 radical (unpaired) electrons. The molecule has 1 saturated heterocycles. The Bertz CT molecular complexity index is 608. The van der Waals surface area contributed by atoms with Gasteiger partial charge in [0, 0.05) is 12.2 Å². The quantitative estimate of drug-likeness (QED) is 0.919. The van der Waals surface area contributed by atoms with Crippen molar-refractivity contribution in [3.63, 3.8) is 0 Å². The Balaban J connectivity index is 2.19. The molecule has 1 aliphatic heterocycles. The van der Waals surface area contributed by atoms with Crippen LogP contribution in [0, 0.1) is 32.1 Å². The minimum atomic E-state index is -0.522. The summed E-state index contributed by atoms with van der Waals surface area (Å²) in [6.45, 7) is 6.59. The van der Waals surface area contributed by atoms with E-state index in [0.29, 0.717) is 13.0 Å². The smallest absolute Gasteiger partial charge is 0.249 e. The molecule has 0 unspecified atom stereocenters. The lowest BCUT2D eigenvalue weighted by molar-refractivity contribution is -0.125. The van der Waals surface area contributed by atoms with Gasteiger partial charge in [-0.3, -0.25) is 9.59 Å². The molecule has 1 aromatic carbocycles. The van der Waals surface area contributed by atoms with Crippen LogP contribution in [-0.4, -0.2) is 24.4 Å². The molecular weight excluding hydrogens is 266 g/mol. The third-order valence-electron chi connectivity index (χ3n) is 3.69. The van der Waals surface area contributed by atoms with Gasteiger partial charge in [-0.15, -0.1) is 0 Å². The Morgan fingerprint density at radius 3 is 2.57 bits per heavy atom. The van der Waals surface area contributed by atoms with Crippen molar-refractivity contribution in [2.75, 3.05) is 11.4 Å². The van der Waals surface area contributed by atoms with Crippen LogP contribution < -0.4 is 10.2 Å². The highest BCUT2D eigenvalue weighted by atomic mass is 16.2. The van der Waals surface area contributed by atoms with E-state index in [1.54, 1.807) is 11.0 Å². The number of anilines is 1. The predicted octanol–water partition coefficient (Wildman–Crippen LogP) is 1.75. The monoisotopic (exact) mass is 285 g/mol. The molecule has 1 N–H and O–H groups in total. The summed E-state index contributed by atoms with van der Waals surface area (Å²) in [5, 5.41) is 11.1. The van der Waals surface area contributed by atoms with Gasteiger partial charge in [-0.1, -0.05) is 17.7 Å². The van der Waals surface area contributed by atoms with Gasteiger partial charge in [-0.05, 0) is 38.3 Å². The molecule has 0 aromatic heterocycles. The average Bonchev–Trinajstić information content (AvgIpc) is 2.71. The number of nitriles is 1. The molecular formula is C16H19N3O2. The number of carbonyl (C=O) groups excluding carboxylic acids is 2. The average molecular weight is 285 g/mol. The minimum absolute atomic E-state index is 0.101. The molecule has 1 aromatic rings. The van der Waals surface area contributed by atoms with Crippen molar-refractivity contribution in [1.29, 1.82) is 5.26 Å². The molecule has 5 heteroatoms. The van der Waals surface area contributed by atoms with Gasteiger partial charge >= 0.3 is 0 Å². The van der Waals surface area contributed by atoms with Crippen molar-refractivity contribution in [1.82, 2.24) is 5.32 Å². The number of aryl methyl sites for hydroxylation is 3. The van der Waals surface area contributed by atoms with E-state index in [1.807, 2.05) is 20.8 Å². The van der Waals surface area contributed by atoms with E-state index in [1.165, 1.54) is 5.56 Å². The number of carbonyl (C=O) groups is 2. The number of amides is 2. The largest absolute Gasteiger partial charge is 0.343 e. The van der Waals surface area contributed by atoms with E-state index >= 15 is 0 Å². The van der Waals surface area contributed by atoms with Crippen LogP contribution in [0.4, 0.5) is 5.69 Å². The van der Waals surface area contributed by atoms with Gasteiger partial charge in [0.1, 0.15) is 12.5 Å². The molecule has 5 nitrogen and oxygen atoms in total. The Labute approximate surface area is 124 Å². The highest BCUT2D eigenvalue weighted by molar-refractivity contribution is 6.02. The zero-order valence-electron chi connectivity index (χ0n) is 12.6. The number of nitrogens with zero attached hydrogens (tertiary/aromatic N) is 2. The molecule has 1 heterocycles. The van der Waals surface area contributed by atoms with Crippen molar-refractivity contribution in [2.24, 2.45) is 0 Å². The van der Waals surface area contributed by atoms with Crippen LogP contribution in [-0.2, 0) is 9.59 Å². The van der Waals surface area contributed by atoms with Gasteiger partial charge in [0.25, 0.3) is 0 Å². The Morgan fingerprint density at radius 2 is 2.00 bits per heavy atom. The Hall–Kier alpha value is -2.35. The fourth-order valence-electron chi connectivity index (χ4n) is 2.95. The van der Waals surface area contributed by atoms with Gasteiger partial charge < -0.3 is 10.2 Å². The molecule has 110 valence electrons. The van der Waals surface area contributed by atoms with Crippen LogP contribution in [0.15, 0.2) is 12.1 Å².